The lowest BCUT2D eigenvalue weighted by Gasteiger charge is -2.32. The molecular weight excluding hydrogens is 388 g/mol. The Morgan fingerprint density at radius 3 is 2.58 bits per heavy atom. The topological polar surface area (TPSA) is 76.9 Å². The summed E-state index contributed by atoms with van der Waals surface area (Å²) in [6.07, 6.45) is 3.87. The Labute approximate surface area is 181 Å². The molecule has 1 aliphatic heterocycles. The van der Waals surface area contributed by atoms with Crippen molar-refractivity contribution < 1.29 is 9.26 Å². The summed E-state index contributed by atoms with van der Waals surface area (Å²) in [5.74, 6) is 1.18. The van der Waals surface area contributed by atoms with Gasteiger partial charge in [0.25, 0.3) is 0 Å². The Hall–Kier alpha value is -3.43. The number of nitrogens with zero attached hydrogens (tertiary/aromatic N) is 4. The van der Waals surface area contributed by atoms with E-state index in [1.165, 1.54) is 5.56 Å². The van der Waals surface area contributed by atoms with Crippen LogP contribution in [0.1, 0.15) is 41.5 Å². The SMILES string of the molecule is Cc1noc(C)c1-c1cc(C#N)c2ncn([C@@H](c3ccccc3)C3CCOCC3)c2c1. The van der Waals surface area contributed by atoms with Crippen molar-refractivity contribution in [2.24, 2.45) is 5.92 Å². The highest BCUT2D eigenvalue weighted by atomic mass is 16.5. The number of nitriles is 1. The van der Waals surface area contributed by atoms with E-state index in [0.29, 0.717) is 11.5 Å². The third kappa shape index (κ3) is 3.41. The summed E-state index contributed by atoms with van der Waals surface area (Å²) in [7, 11) is 0. The van der Waals surface area contributed by atoms with Crippen molar-refractivity contribution in [3.63, 3.8) is 0 Å². The molecule has 0 radical (unpaired) electrons. The zero-order valence-electron chi connectivity index (χ0n) is 17.7. The van der Waals surface area contributed by atoms with Gasteiger partial charge in [-0.25, -0.2) is 4.98 Å². The molecule has 0 unspecified atom stereocenters. The molecule has 3 heterocycles. The molecule has 0 aliphatic carbocycles. The molecule has 0 saturated carbocycles. The summed E-state index contributed by atoms with van der Waals surface area (Å²) in [6, 6.07) is 17.0. The van der Waals surface area contributed by atoms with Crippen molar-refractivity contribution in [1.29, 1.82) is 5.26 Å². The molecule has 5 rings (SSSR count). The van der Waals surface area contributed by atoms with Crippen molar-refractivity contribution in [3.05, 3.63) is 71.4 Å². The molecule has 0 N–H and O–H groups in total. The molecule has 6 nitrogen and oxygen atoms in total. The summed E-state index contributed by atoms with van der Waals surface area (Å²) in [6.45, 7) is 5.37. The van der Waals surface area contributed by atoms with Crippen LogP contribution in [0.3, 0.4) is 0 Å². The smallest absolute Gasteiger partial charge is 0.141 e. The number of benzene rings is 2. The summed E-state index contributed by atoms with van der Waals surface area (Å²) in [5, 5.41) is 14.0. The van der Waals surface area contributed by atoms with Crippen LogP contribution in [0.5, 0.6) is 0 Å². The zero-order valence-corrected chi connectivity index (χ0v) is 17.7. The monoisotopic (exact) mass is 412 g/mol. The molecule has 1 atom stereocenters. The van der Waals surface area contributed by atoms with Crippen LogP contribution in [0.25, 0.3) is 22.2 Å². The highest BCUT2D eigenvalue weighted by Gasteiger charge is 2.29. The molecule has 0 spiro atoms. The first kappa shape index (κ1) is 19.5. The van der Waals surface area contributed by atoms with Crippen molar-refractivity contribution in [2.45, 2.75) is 32.7 Å². The first-order chi connectivity index (χ1) is 15.2. The molecule has 4 aromatic rings. The molecule has 1 aliphatic rings. The van der Waals surface area contributed by atoms with Gasteiger partial charge in [0.15, 0.2) is 0 Å². The highest BCUT2D eigenvalue weighted by molar-refractivity contribution is 5.88. The second kappa shape index (κ2) is 8.01. The highest BCUT2D eigenvalue weighted by Crippen LogP contribution is 2.38. The fraction of sp³-hybridized carbons (Fsp3) is 0.320. The number of ether oxygens (including phenoxy) is 1. The molecule has 156 valence electrons. The lowest BCUT2D eigenvalue weighted by molar-refractivity contribution is 0.0547. The number of aryl methyl sites for hydroxylation is 2. The zero-order chi connectivity index (χ0) is 21.4. The van der Waals surface area contributed by atoms with Crippen LogP contribution < -0.4 is 0 Å². The Bertz CT molecular complexity index is 1240. The Kier molecular flexibility index (Phi) is 5.05. The molecular formula is C25H24N4O2. The van der Waals surface area contributed by atoms with Crippen LogP contribution in [-0.4, -0.2) is 27.9 Å². The number of hydrogen-bond acceptors (Lipinski definition) is 5. The van der Waals surface area contributed by atoms with Crippen LogP contribution in [0.15, 0.2) is 53.3 Å². The molecule has 2 aromatic carbocycles. The van der Waals surface area contributed by atoms with Gasteiger partial charge in [0, 0.05) is 18.8 Å². The average molecular weight is 412 g/mol. The van der Waals surface area contributed by atoms with Crippen LogP contribution in [-0.2, 0) is 4.74 Å². The number of fused-ring (bicyclic) bond motifs is 1. The Morgan fingerprint density at radius 1 is 1.13 bits per heavy atom. The Morgan fingerprint density at radius 2 is 1.90 bits per heavy atom. The predicted molar refractivity (Wildman–Crippen MR) is 118 cm³/mol. The first-order valence-corrected chi connectivity index (χ1v) is 10.6. The first-order valence-electron chi connectivity index (χ1n) is 10.6. The second-order valence-electron chi connectivity index (χ2n) is 8.16. The number of hydrogen-bond donors (Lipinski definition) is 0. The van der Waals surface area contributed by atoms with Crippen LogP contribution >= 0.6 is 0 Å². The predicted octanol–water partition coefficient (Wildman–Crippen LogP) is 5.20. The summed E-state index contributed by atoms with van der Waals surface area (Å²) >= 11 is 0. The van der Waals surface area contributed by atoms with E-state index in [0.717, 1.165) is 59.7 Å². The van der Waals surface area contributed by atoms with E-state index in [1.54, 1.807) is 0 Å². The van der Waals surface area contributed by atoms with Crippen LogP contribution in [0.2, 0.25) is 0 Å². The van der Waals surface area contributed by atoms with E-state index in [-0.39, 0.29) is 6.04 Å². The summed E-state index contributed by atoms with van der Waals surface area (Å²) in [5.41, 5.74) is 6.17. The maximum atomic E-state index is 9.85. The maximum Gasteiger partial charge on any atom is 0.141 e. The van der Waals surface area contributed by atoms with Crippen molar-refractivity contribution in [3.8, 4) is 17.2 Å². The molecule has 6 heteroatoms. The summed E-state index contributed by atoms with van der Waals surface area (Å²) in [4.78, 5) is 4.67. The van der Waals surface area contributed by atoms with Gasteiger partial charge in [-0.2, -0.15) is 5.26 Å². The third-order valence-corrected chi connectivity index (χ3v) is 6.27. The van der Waals surface area contributed by atoms with E-state index in [9.17, 15) is 5.26 Å². The van der Waals surface area contributed by atoms with Gasteiger partial charge in [0.2, 0.25) is 0 Å². The molecule has 0 bridgehead atoms. The maximum absolute atomic E-state index is 9.85. The standard InChI is InChI=1S/C25H24N4O2/c1-16-23(17(2)31-28-16)20-12-21(14-26)24-22(13-20)29(15-27-24)25(18-6-4-3-5-7-18)19-8-10-30-11-9-19/h3-7,12-13,15,19,25H,8-11H2,1-2H3/t25-/m0/s1. The number of rotatable bonds is 4. The normalized spacial score (nSPS) is 15.8. The second-order valence-corrected chi connectivity index (χ2v) is 8.16. The molecule has 31 heavy (non-hydrogen) atoms. The van der Waals surface area contributed by atoms with Gasteiger partial charge in [0.05, 0.1) is 29.1 Å². The quantitative estimate of drug-likeness (QED) is 0.461. The largest absolute Gasteiger partial charge is 0.381 e. The van der Waals surface area contributed by atoms with Gasteiger partial charge in [-0.15, -0.1) is 0 Å². The van der Waals surface area contributed by atoms with Crippen LogP contribution in [0.4, 0.5) is 0 Å². The molecule has 1 saturated heterocycles. The lowest BCUT2D eigenvalue weighted by atomic mass is 9.86. The van der Waals surface area contributed by atoms with Crippen LogP contribution in [0, 0.1) is 31.1 Å². The van der Waals surface area contributed by atoms with E-state index >= 15 is 0 Å². The third-order valence-electron chi connectivity index (χ3n) is 6.27. The van der Waals surface area contributed by atoms with Crippen molar-refractivity contribution in [1.82, 2.24) is 14.7 Å². The minimum absolute atomic E-state index is 0.126. The van der Waals surface area contributed by atoms with Gasteiger partial charge in [-0.05, 0) is 55.9 Å². The fourth-order valence-electron chi connectivity index (χ4n) is 4.82. The molecule has 2 aromatic heterocycles. The minimum Gasteiger partial charge on any atom is -0.381 e. The number of aromatic nitrogens is 3. The van der Waals surface area contributed by atoms with Gasteiger partial charge in [0.1, 0.15) is 17.3 Å². The van der Waals surface area contributed by atoms with Gasteiger partial charge in [-0.1, -0.05) is 35.5 Å². The van der Waals surface area contributed by atoms with Crippen molar-refractivity contribution in [2.75, 3.05) is 13.2 Å². The van der Waals surface area contributed by atoms with E-state index in [1.807, 2.05) is 32.3 Å². The molecule has 0 amide bonds. The Balaban J connectivity index is 1.73. The van der Waals surface area contributed by atoms with Gasteiger partial charge in [-0.3, -0.25) is 0 Å². The van der Waals surface area contributed by atoms with E-state index < -0.39 is 0 Å². The number of imidazole rings is 1. The van der Waals surface area contributed by atoms with Crippen molar-refractivity contribution >= 4 is 11.0 Å². The van der Waals surface area contributed by atoms with E-state index in [4.69, 9.17) is 9.26 Å². The average Bonchev–Trinajstić information content (AvgIpc) is 3.37. The molecule has 1 fully saturated rings. The summed E-state index contributed by atoms with van der Waals surface area (Å²) < 4.78 is 13.3. The van der Waals surface area contributed by atoms with Gasteiger partial charge < -0.3 is 13.8 Å². The van der Waals surface area contributed by atoms with E-state index in [2.05, 4.69) is 51.1 Å². The lowest BCUT2D eigenvalue weighted by Crippen LogP contribution is -2.26. The fourth-order valence-corrected chi connectivity index (χ4v) is 4.82. The minimum atomic E-state index is 0.126. The van der Waals surface area contributed by atoms with Gasteiger partial charge >= 0.3 is 0 Å².